The lowest BCUT2D eigenvalue weighted by Gasteiger charge is -2.42. The summed E-state index contributed by atoms with van der Waals surface area (Å²) in [7, 11) is 0. The second kappa shape index (κ2) is 7.74. The number of nitrogen functional groups attached to an aromatic ring is 2. The van der Waals surface area contributed by atoms with Gasteiger partial charge in [0.2, 0.25) is 0 Å². The first kappa shape index (κ1) is 19.8. The van der Waals surface area contributed by atoms with Gasteiger partial charge >= 0.3 is 0 Å². The van der Waals surface area contributed by atoms with Gasteiger partial charge < -0.3 is 22.1 Å². The zero-order valence-corrected chi connectivity index (χ0v) is 17.7. The van der Waals surface area contributed by atoms with Crippen molar-refractivity contribution in [1.82, 2.24) is 15.0 Å². The Kier molecular flexibility index (Phi) is 5.48. The zero-order valence-electron chi connectivity index (χ0n) is 15.4. The standard InChI is InChI=1S/C18H23Cl2N7S/c19-14-10(8-12(22)25-15(14)20)28-17-16(23)26-13(9-24-17)27-6-4-18(5-7-27)3-1-2-11(18)21/h8-9,11H,1-7,21H2,(H2,22,25)(H2,23,26)/t11-/m1/s1. The maximum atomic E-state index is 6.38. The molecule has 0 aromatic carbocycles. The second-order valence-corrected chi connectivity index (χ2v) is 9.29. The van der Waals surface area contributed by atoms with E-state index in [-0.39, 0.29) is 11.0 Å². The highest BCUT2D eigenvalue weighted by molar-refractivity contribution is 7.99. The van der Waals surface area contributed by atoms with Gasteiger partial charge in [0.25, 0.3) is 0 Å². The van der Waals surface area contributed by atoms with E-state index >= 15 is 0 Å². The summed E-state index contributed by atoms with van der Waals surface area (Å²) in [6.45, 7) is 1.85. The fourth-order valence-electron chi connectivity index (χ4n) is 4.25. The molecule has 6 N–H and O–H groups in total. The first-order valence-electron chi connectivity index (χ1n) is 9.30. The summed E-state index contributed by atoms with van der Waals surface area (Å²) in [6, 6.07) is 1.97. The third-order valence-electron chi connectivity index (χ3n) is 5.92. The van der Waals surface area contributed by atoms with E-state index in [9.17, 15) is 0 Å². The minimum absolute atomic E-state index is 0.152. The van der Waals surface area contributed by atoms with Gasteiger partial charge in [-0.2, -0.15) is 0 Å². The molecule has 10 heteroatoms. The average molecular weight is 440 g/mol. The quantitative estimate of drug-likeness (QED) is 0.620. The highest BCUT2D eigenvalue weighted by atomic mass is 35.5. The third kappa shape index (κ3) is 3.70. The monoisotopic (exact) mass is 439 g/mol. The van der Waals surface area contributed by atoms with Gasteiger partial charge in [0.1, 0.15) is 16.7 Å². The Morgan fingerprint density at radius 1 is 1.14 bits per heavy atom. The predicted octanol–water partition coefficient (Wildman–Crippen LogP) is 3.59. The van der Waals surface area contributed by atoms with Crippen LogP contribution in [0.25, 0.3) is 0 Å². The van der Waals surface area contributed by atoms with Crippen LogP contribution in [0.1, 0.15) is 32.1 Å². The van der Waals surface area contributed by atoms with Crippen molar-refractivity contribution in [3.05, 3.63) is 22.4 Å². The molecule has 1 spiro atoms. The number of nitrogens with zero attached hydrogens (tertiary/aromatic N) is 4. The molecule has 1 aliphatic carbocycles. The van der Waals surface area contributed by atoms with Crippen LogP contribution in [-0.2, 0) is 0 Å². The van der Waals surface area contributed by atoms with Crippen molar-refractivity contribution in [1.29, 1.82) is 0 Å². The molecule has 28 heavy (non-hydrogen) atoms. The van der Waals surface area contributed by atoms with Crippen LogP contribution in [-0.4, -0.2) is 34.1 Å². The number of aromatic nitrogens is 3. The fourth-order valence-corrected chi connectivity index (χ4v) is 5.55. The van der Waals surface area contributed by atoms with Crippen molar-refractivity contribution in [3.63, 3.8) is 0 Å². The molecule has 3 heterocycles. The van der Waals surface area contributed by atoms with Crippen molar-refractivity contribution >= 4 is 52.4 Å². The molecule has 7 nitrogen and oxygen atoms in total. The Labute approximate surface area is 178 Å². The normalized spacial score (nSPS) is 21.4. The molecule has 1 saturated heterocycles. The van der Waals surface area contributed by atoms with Crippen molar-refractivity contribution in [2.24, 2.45) is 11.1 Å². The third-order valence-corrected chi connectivity index (χ3v) is 7.84. The van der Waals surface area contributed by atoms with E-state index in [2.05, 4.69) is 19.9 Å². The molecule has 2 aromatic heterocycles. The summed E-state index contributed by atoms with van der Waals surface area (Å²) < 4.78 is 0. The lowest BCUT2D eigenvalue weighted by molar-refractivity contribution is 0.197. The summed E-state index contributed by atoms with van der Waals surface area (Å²) in [5, 5.41) is 1.03. The Morgan fingerprint density at radius 3 is 2.54 bits per heavy atom. The van der Waals surface area contributed by atoms with E-state index in [1.165, 1.54) is 24.6 Å². The molecular formula is C18H23Cl2N7S. The molecule has 2 aromatic rings. The van der Waals surface area contributed by atoms with Crippen molar-refractivity contribution < 1.29 is 0 Å². The van der Waals surface area contributed by atoms with Gasteiger partial charge in [-0.15, -0.1) is 0 Å². The molecule has 1 atom stereocenters. The SMILES string of the molecule is Nc1cc(Sc2ncc(N3CCC4(CCC[C@H]4N)CC3)nc2N)c(Cl)c(Cl)n1. The van der Waals surface area contributed by atoms with Crippen molar-refractivity contribution in [2.45, 2.75) is 48.1 Å². The van der Waals surface area contributed by atoms with E-state index in [1.54, 1.807) is 12.3 Å². The van der Waals surface area contributed by atoms with Crippen LogP contribution in [0.3, 0.4) is 0 Å². The van der Waals surface area contributed by atoms with E-state index in [0.29, 0.717) is 32.2 Å². The maximum absolute atomic E-state index is 6.38. The Hall–Kier alpha value is -1.48. The lowest BCUT2D eigenvalue weighted by Crippen LogP contribution is -2.47. The van der Waals surface area contributed by atoms with Gasteiger partial charge in [-0.3, -0.25) is 0 Å². The summed E-state index contributed by atoms with van der Waals surface area (Å²) in [6.07, 6.45) is 7.57. The number of rotatable bonds is 3. The molecule has 150 valence electrons. The van der Waals surface area contributed by atoms with Crippen LogP contribution < -0.4 is 22.1 Å². The zero-order chi connectivity index (χ0) is 19.9. The molecule has 1 aliphatic heterocycles. The topological polar surface area (TPSA) is 120 Å². The predicted molar refractivity (Wildman–Crippen MR) is 115 cm³/mol. The number of pyridine rings is 1. The number of nitrogens with two attached hydrogens (primary N) is 3. The van der Waals surface area contributed by atoms with Crippen LogP contribution in [0.2, 0.25) is 10.2 Å². The minimum Gasteiger partial charge on any atom is -0.384 e. The molecule has 0 unspecified atom stereocenters. The second-order valence-electron chi connectivity index (χ2n) is 7.52. The summed E-state index contributed by atoms with van der Waals surface area (Å²) in [5.41, 5.74) is 18.6. The Morgan fingerprint density at radius 2 is 1.89 bits per heavy atom. The van der Waals surface area contributed by atoms with Gasteiger partial charge in [-0.25, -0.2) is 15.0 Å². The molecule has 0 bridgehead atoms. The smallest absolute Gasteiger partial charge is 0.158 e. The van der Waals surface area contributed by atoms with Crippen LogP contribution >= 0.6 is 35.0 Å². The summed E-state index contributed by atoms with van der Waals surface area (Å²) >= 11 is 13.5. The highest BCUT2D eigenvalue weighted by Crippen LogP contribution is 2.46. The molecule has 4 rings (SSSR count). The minimum atomic E-state index is 0.152. The van der Waals surface area contributed by atoms with Crippen LogP contribution in [0.5, 0.6) is 0 Å². The first-order valence-corrected chi connectivity index (χ1v) is 10.9. The fraction of sp³-hybridized carbons (Fsp3) is 0.500. The first-order chi connectivity index (χ1) is 13.4. The lowest BCUT2D eigenvalue weighted by atomic mass is 9.74. The number of halogens is 2. The van der Waals surface area contributed by atoms with Crippen LogP contribution in [0.4, 0.5) is 17.5 Å². The molecule has 2 fully saturated rings. The number of piperidine rings is 1. The van der Waals surface area contributed by atoms with Gasteiger partial charge in [0.05, 0.1) is 11.2 Å². The van der Waals surface area contributed by atoms with Crippen molar-refractivity contribution in [2.75, 3.05) is 29.5 Å². The van der Waals surface area contributed by atoms with Gasteiger partial charge in [-0.05, 0) is 37.2 Å². The van der Waals surface area contributed by atoms with E-state index in [4.69, 9.17) is 40.4 Å². The Balaban J connectivity index is 1.48. The van der Waals surface area contributed by atoms with Crippen molar-refractivity contribution in [3.8, 4) is 0 Å². The van der Waals surface area contributed by atoms with E-state index in [0.717, 1.165) is 38.2 Å². The van der Waals surface area contributed by atoms with Crippen LogP contribution in [0.15, 0.2) is 22.2 Å². The number of hydrogen-bond acceptors (Lipinski definition) is 8. The van der Waals surface area contributed by atoms with E-state index < -0.39 is 0 Å². The summed E-state index contributed by atoms with van der Waals surface area (Å²) in [4.78, 5) is 15.9. The Bertz CT molecular complexity index is 886. The maximum Gasteiger partial charge on any atom is 0.158 e. The highest BCUT2D eigenvalue weighted by Gasteiger charge is 2.43. The molecule has 2 aliphatic rings. The number of anilines is 3. The van der Waals surface area contributed by atoms with Crippen LogP contribution in [0, 0.1) is 5.41 Å². The number of hydrogen-bond donors (Lipinski definition) is 3. The van der Waals surface area contributed by atoms with Gasteiger partial charge in [0.15, 0.2) is 11.0 Å². The largest absolute Gasteiger partial charge is 0.384 e. The molecule has 0 amide bonds. The summed E-state index contributed by atoms with van der Waals surface area (Å²) in [5.74, 6) is 1.43. The molecular weight excluding hydrogens is 417 g/mol. The average Bonchev–Trinajstić information content (AvgIpc) is 3.01. The molecule has 1 saturated carbocycles. The van der Waals surface area contributed by atoms with Gasteiger partial charge in [-0.1, -0.05) is 41.4 Å². The van der Waals surface area contributed by atoms with Gasteiger partial charge in [0, 0.05) is 24.0 Å². The van der Waals surface area contributed by atoms with E-state index in [1.807, 2.05) is 0 Å². The molecule has 0 radical (unpaired) electrons.